The molecule has 1 rings (SSSR count). The number of rotatable bonds is 8. The van der Waals surface area contributed by atoms with Gasteiger partial charge < -0.3 is 15.4 Å². The molecule has 0 aliphatic heterocycles. The van der Waals surface area contributed by atoms with Gasteiger partial charge in [0.15, 0.2) is 0 Å². The van der Waals surface area contributed by atoms with Gasteiger partial charge in [0.2, 0.25) is 0 Å². The second kappa shape index (κ2) is 7.37. The van der Waals surface area contributed by atoms with Crippen LogP contribution in [-0.2, 0) is 24.1 Å². The largest absolute Gasteiger partial charge is 0.384 e. The molecular formula is C11H23N5O. The smallest absolute Gasteiger partial charge is 0.0872 e. The van der Waals surface area contributed by atoms with Crippen LogP contribution < -0.4 is 5.73 Å². The maximum Gasteiger partial charge on any atom is 0.0872 e. The van der Waals surface area contributed by atoms with Gasteiger partial charge in [0.05, 0.1) is 24.5 Å². The minimum atomic E-state index is 0.604. The standard InChI is InChI=1S/C11H23N5O/c1-15(2)7-8-16-11(5-9-17-3)10(4-6-12)13-14-16/h4-9,12H2,1-3H3. The summed E-state index contributed by atoms with van der Waals surface area (Å²) in [5.74, 6) is 0. The molecule has 0 spiro atoms. The number of hydrogen-bond acceptors (Lipinski definition) is 5. The minimum absolute atomic E-state index is 0.604. The van der Waals surface area contributed by atoms with E-state index < -0.39 is 0 Å². The Morgan fingerprint density at radius 3 is 2.71 bits per heavy atom. The molecule has 0 unspecified atom stereocenters. The van der Waals surface area contributed by atoms with E-state index in [9.17, 15) is 0 Å². The first-order valence-corrected chi connectivity index (χ1v) is 5.94. The van der Waals surface area contributed by atoms with Crippen molar-refractivity contribution in [1.82, 2.24) is 19.9 Å². The second-order valence-corrected chi connectivity index (χ2v) is 4.29. The van der Waals surface area contributed by atoms with Gasteiger partial charge in [0, 0.05) is 26.5 Å². The van der Waals surface area contributed by atoms with Gasteiger partial charge in [-0.2, -0.15) is 0 Å². The number of methoxy groups -OCH3 is 1. The lowest BCUT2D eigenvalue weighted by molar-refractivity contribution is 0.199. The fourth-order valence-corrected chi connectivity index (χ4v) is 1.65. The normalized spacial score (nSPS) is 11.4. The molecule has 17 heavy (non-hydrogen) atoms. The van der Waals surface area contributed by atoms with Crippen LogP contribution in [0.25, 0.3) is 0 Å². The Bertz CT molecular complexity index is 324. The quantitative estimate of drug-likeness (QED) is 0.666. The van der Waals surface area contributed by atoms with Crippen molar-refractivity contribution < 1.29 is 4.74 Å². The molecule has 0 atom stereocenters. The first kappa shape index (κ1) is 14.1. The van der Waals surface area contributed by atoms with Crippen molar-refractivity contribution in [3.05, 3.63) is 11.4 Å². The Morgan fingerprint density at radius 1 is 1.35 bits per heavy atom. The van der Waals surface area contributed by atoms with Crippen molar-refractivity contribution in [2.24, 2.45) is 5.73 Å². The Balaban J connectivity index is 2.72. The van der Waals surface area contributed by atoms with Crippen LogP contribution in [0.5, 0.6) is 0 Å². The van der Waals surface area contributed by atoms with Crippen LogP contribution in [0.3, 0.4) is 0 Å². The zero-order valence-electron chi connectivity index (χ0n) is 11.0. The Labute approximate surface area is 103 Å². The molecule has 0 saturated heterocycles. The van der Waals surface area contributed by atoms with Gasteiger partial charge in [-0.05, 0) is 20.6 Å². The average Bonchev–Trinajstić information content (AvgIpc) is 2.67. The van der Waals surface area contributed by atoms with Gasteiger partial charge in [0.25, 0.3) is 0 Å². The van der Waals surface area contributed by atoms with Crippen LogP contribution in [0.15, 0.2) is 0 Å². The third-order valence-corrected chi connectivity index (χ3v) is 2.60. The Morgan fingerprint density at radius 2 is 2.12 bits per heavy atom. The van der Waals surface area contributed by atoms with Crippen LogP contribution in [0.2, 0.25) is 0 Å². The number of aromatic nitrogens is 3. The van der Waals surface area contributed by atoms with Crippen molar-refractivity contribution in [3.8, 4) is 0 Å². The topological polar surface area (TPSA) is 69.2 Å². The molecule has 0 radical (unpaired) electrons. The lowest BCUT2D eigenvalue weighted by Crippen LogP contribution is -2.21. The SMILES string of the molecule is COCCc1c(CCN)nnn1CCN(C)C. The summed E-state index contributed by atoms with van der Waals surface area (Å²) >= 11 is 0. The zero-order chi connectivity index (χ0) is 12.7. The fraction of sp³-hybridized carbons (Fsp3) is 0.818. The summed E-state index contributed by atoms with van der Waals surface area (Å²) in [4.78, 5) is 2.13. The maximum absolute atomic E-state index is 5.57. The highest BCUT2D eigenvalue weighted by Crippen LogP contribution is 2.07. The highest BCUT2D eigenvalue weighted by atomic mass is 16.5. The lowest BCUT2D eigenvalue weighted by atomic mass is 10.2. The van der Waals surface area contributed by atoms with Crippen LogP contribution in [0, 0.1) is 0 Å². The highest BCUT2D eigenvalue weighted by molar-refractivity contribution is 5.11. The number of nitrogens with two attached hydrogens (primary N) is 1. The molecule has 0 aliphatic rings. The molecule has 98 valence electrons. The summed E-state index contributed by atoms with van der Waals surface area (Å²) in [5, 5.41) is 8.38. The van der Waals surface area contributed by atoms with Gasteiger partial charge in [-0.15, -0.1) is 5.10 Å². The van der Waals surface area contributed by atoms with E-state index in [0.29, 0.717) is 13.2 Å². The van der Waals surface area contributed by atoms with E-state index in [4.69, 9.17) is 10.5 Å². The third-order valence-electron chi connectivity index (χ3n) is 2.60. The van der Waals surface area contributed by atoms with E-state index >= 15 is 0 Å². The molecule has 2 N–H and O–H groups in total. The molecule has 6 nitrogen and oxygen atoms in total. The zero-order valence-corrected chi connectivity index (χ0v) is 11.0. The minimum Gasteiger partial charge on any atom is -0.384 e. The second-order valence-electron chi connectivity index (χ2n) is 4.29. The molecule has 1 heterocycles. The highest BCUT2D eigenvalue weighted by Gasteiger charge is 2.11. The number of nitrogens with zero attached hydrogens (tertiary/aromatic N) is 4. The third kappa shape index (κ3) is 4.41. The Kier molecular flexibility index (Phi) is 6.10. The van der Waals surface area contributed by atoms with Crippen molar-refractivity contribution in [3.63, 3.8) is 0 Å². The van der Waals surface area contributed by atoms with Gasteiger partial charge in [-0.3, -0.25) is 0 Å². The predicted molar refractivity (Wildman–Crippen MR) is 66.9 cm³/mol. The molecule has 1 aromatic heterocycles. The fourth-order valence-electron chi connectivity index (χ4n) is 1.65. The molecular weight excluding hydrogens is 218 g/mol. The lowest BCUT2D eigenvalue weighted by Gasteiger charge is -2.11. The van der Waals surface area contributed by atoms with Crippen molar-refractivity contribution in [1.29, 1.82) is 0 Å². The van der Waals surface area contributed by atoms with Crippen LogP contribution >= 0.6 is 0 Å². The van der Waals surface area contributed by atoms with Crippen LogP contribution in [0.4, 0.5) is 0 Å². The van der Waals surface area contributed by atoms with Crippen molar-refractivity contribution in [2.45, 2.75) is 19.4 Å². The first-order chi connectivity index (χ1) is 8.19. The average molecular weight is 241 g/mol. The molecule has 0 aromatic carbocycles. The van der Waals surface area contributed by atoms with E-state index in [0.717, 1.165) is 37.3 Å². The van der Waals surface area contributed by atoms with Gasteiger partial charge in [-0.25, -0.2) is 4.68 Å². The summed E-state index contributed by atoms with van der Waals surface area (Å²) in [6.45, 7) is 3.09. The van der Waals surface area contributed by atoms with E-state index in [-0.39, 0.29) is 0 Å². The molecule has 1 aromatic rings. The van der Waals surface area contributed by atoms with E-state index in [2.05, 4.69) is 15.2 Å². The Hall–Kier alpha value is -0.980. The van der Waals surface area contributed by atoms with Crippen molar-refractivity contribution in [2.75, 3.05) is 40.9 Å². The van der Waals surface area contributed by atoms with Crippen LogP contribution in [-0.4, -0.2) is 60.8 Å². The monoisotopic (exact) mass is 241 g/mol. The predicted octanol–water partition coefficient (Wildman–Crippen LogP) is -0.470. The van der Waals surface area contributed by atoms with Crippen molar-refractivity contribution >= 4 is 0 Å². The summed E-state index contributed by atoms with van der Waals surface area (Å²) in [6, 6.07) is 0. The molecule has 6 heteroatoms. The molecule has 0 bridgehead atoms. The van der Waals surface area contributed by atoms with Crippen LogP contribution in [0.1, 0.15) is 11.4 Å². The molecule has 0 saturated carbocycles. The van der Waals surface area contributed by atoms with Gasteiger partial charge in [0.1, 0.15) is 0 Å². The number of likely N-dealkylation sites (N-methyl/N-ethyl adjacent to an activating group) is 1. The van der Waals surface area contributed by atoms with Gasteiger partial charge >= 0.3 is 0 Å². The first-order valence-electron chi connectivity index (χ1n) is 5.94. The molecule has 0 fully saturated rings. The summed E-state index contributed by atoms with van der Waals surface area (Å²) in [7, 11) is 5.80. The summed E-state index contributed by atoms with van der Waals surface area (Å²) in [5.41, 5.74) is 7.73. The summed E-state index contributed by atoms with van der Waals surface area (Å²) in [6.07, 6.45) is 1.62. The number of ether oxygens (including phenoxy) is 1. The number of hydrogen-bond donors (Lipinski definition) is 1. The molecule has 0 amide bonds. The maximum atomic E-state index is 5.57. The van der Waals surface area contributed by atoms with E-state index in [1.165, 1.54) is 0 Å². The van der Waals surface area contributed by atoms with E-state index in [1.54, 1.807) is 7.11 Å². The summed E-state index contributed by atoms with van der Waals surface area (Å²) < 4.78 is 7.08. The van der Waals surface area contributed by atoms with E-state index in [1.807, 2.05) is 18.8 Å². The van der Waals surface area contributed by atoms with Gasteiger partial charge in [-0.1, -0.05) is 5.21 Å². The molecule has 0 aliphatic carbocycles.